The topological polar surface area (TPSA) is 70.4 Å². The average Bonchev–Trinajstić information content (AvgIpc) is 3.19. The van der Waals surface area contributed by atoms with E-state index in [0.717, 1.165) is 0 Å². The molecule has 7 heteroatoms. The quantitative estimate of drug-likeness (QED) is 0.459. The Kier molecular flexibility index (Phi) is 5.84. The van der Waals surface area contributed by atoms with Crippen molar-refractivity contribution in [3.63, 3.8) is 0 Å². The highest BCUT2D eigenvalue weighted by Crippen LogP contribution is 2.17. The lowest BCUT2D eigenvalue weighted by molar-refractivity contribution is 0.0311. The summed E-state index contributed by atoms with van der Waals surface area (Å²) in [5.41, 5.74) is 1.10. The van der Waals surface area contributed by atoms with Crippen LogP contribution in [0.15, 0.2) is 61.1 Å². The van der Waals surface area contributed by atoms with E-state index in [2.05, 4.69) is 4.98 Å². The number of carbonyl (C=O) groups is 2. The van der Waals surface area contributed by atoms with Crippen LogP contribution in [0.4, 0.5) is 4.39 Å². The summed E-state index contributed by atoms with van der Waals surface area (Å²) >= 11 is 0. The molecule has 1 aromatic heterocycles. The van der Waals surface area contributed by atoms with Crippen molar-refractivity contribution in [3.05, 3.63) is 78.1 Å². The summed E-state index contributed by atoms with van der Waals surface area (Å²) in [7, 11) is 0. The van der Waals surface area contributed by atoms with Gasteiger partial charge in [-0.2, -0.15) is 0 Å². The number of nitrogens with zero attached hydrogens (tertiary/aromatic N) is 2. The summed E-state index contributed by atoms with van der Waals surface area (Å²) in [4.78, 5) is 29.0. The molecule has 0 aliphatic rings. The van der Waals surface area contributed by atoms with Crippen LogP contribution < -0.4 is 4.74 Å². The molecule has 0 radical (unpaired) electrons. The molecule has 1 atom stereocenters. The third-order valence-electron chi connectivity index (χ3n) is 4.06. The minimum absolute atomic E-state index is 0.137. The average molecular weight is 382 g/mol. The fourth-order valence-corrected chi connectivity index (χ4v) is 2.64. The zero-order valence-electron chi connectivity index (χ0n) is 15.5. The Labute approximate surface area is 161 Å². The number of imidazole rings is 1. The van der Waals surface area contributed by atoms with Gasteiger partial charge in [0.2, 0.25) is 5.78 Å². The van der Waals surface area contributed by atoms with Crippen LogP contribution in [0, 0.1) is 5.82 Å². The number of carbonyl (C=O) groups excluding carboxylic acids is 2. The summed E-state index contributed by atoms with van der Waals surface area (Å²) in [6.45, 7) is 3.91. The number of ketones is 1. The highest BCUT2D eigenvalue weighted by Gasteiger charge is 2.23. The maximum Gasteiger partial charge on any atom is 0.357 e. The first-order valence-corrected chi connectivity index (χ1v) is 8.76. The molecule has 0 spiro atoms. The molecular weight excluding hydrogens is 363 g/mol. The van der Waals surface area contributed by atoms with Crippen LogP contribution in [0.3, 0.4) is 0 Å². The van der Waals surface area contributed by atoms with Crippen LogP contribution in [0.5, 0.6) is 5.75 Å². The van der Waals surface area contributed by atoms with Gasteiger partial charge >= 0.3 is 5.97 Å². The Hall–Kier alpha value is -3.48. The molecule has 0 N–H and O–H groups in total. The van der Waals surface area contributed by atoms with Crippen molar-refractivity contribution in [2.75, 3.05) is 6.61 Å². The van der Waals surface area contributed by atoms with Crippen molar-refractivity contribution in [2.45, 2.75) is 20.0 Å². The van der Waals surface area contributed by atoms with Gasteiger partial charge in [-0.3, -0.25) is 9.36 Å². The van der Waals surface area contributed by atoms with Gasteiger partial charge in [-0.25, -0.2) is 14.2 Å². The number of benzene rings is 2. The first-order chi connectivity index (χ1) is 13.5. The Morgan fingerprint density at radius 2 is 1.79 bits per heavy atom. The fourth-order valence-electron chi connectivity index (χ4n) is 2.64. The van der Waals surface area contributed by atoms with Gasteiger partial charge in [-0.15, -0.1) is 0 Å². The zero-order valence-corrected chi connectivity index (χ0v) is 15.5. The lowest BCUT2D eigenvalue weighted by Gasteiger charge is -2.14. The molecule has 0 aliphatic heterocycles. The normalized spacial score (nSPS) is 11.7. The highest BCUT2D eigenvalue weighted by atomic mass is 19.1. The Bertz CT molecular complexity index is 965. The number of ether oxygens (including phenoxy) is 2. The minimum Gasteiger partial charge on any atom is -0.494 e. The van der Waals surface area contributed by atoms with E-state index in [1.54, 1.807) is 24.3 Å². The van der Waals surface area contributed by atoms with Crippen LogP contribution in [-0.4, -0.2) is 34.0 Å². The maximum absolute atomic E-state index is 13.1. The predicted molar refractivity (Wildman–Crippen MR) is 100 cm³/mol. The van der Waals surface area contributed by atoms with Crippen molar-refractivity contribution in [3.8, 4) is 11.4 Å². The lowest BCUT2D eigenvalue weighted by Crippen LogP contribution is -2.25. The number of aromatic nitrogens is 2. The van der Waals surface area contributed by atoms with Crippen molar-refractivity contribution in [1.82, 2.24) is 9.55 Å². The van der Waals surface area contributed by atoms with Gasteiger partial charge in [0, 0.05) is 11.3 Å². The second kappa shape index (κ2) is 8.47. The number of hydrogen-bond acceptors (Lipinski definition) is 5. The molecule has 28 heavy (non-hydrogen) atoms. The molecule has 1 heterocycles. The molecule has 2 aromatic carbocycles. The Morgan fingerprint density at radius 1 is 1.11 bits per heavy atom. The molecule has 144 valence electrons. The van der Waals surface area contributed by atoms with Gasteiger partial charge in [0.25, 0.3) is 0 Å². The molecular formula is C21H19FN2O4. The standard InChI is InChI=1S/C21H19FN2O4/c1-3-27-18-10-4-15(5-11-18)20(25)14(2)28-21(26)19-12-23-13-24(19)17-8-6-16(22)7-9-17/h4-14H,3H2,1-2H3/t14-/m1/s1. The molecule has 6 nitrogen and oxygen atoms in total. The first kappa shape index (κ1) is 19.3. The van der Waals surface area contributed by atoms with Crippen LogP contribution in [0.25, 0.3) is 5.69 Å². The van der Waals surface area contributed by atoms with E-state index >= 15 is 0 Å². The van der Waals surface area contributed by atoms with Gasteiger partial charge in [-0.1, -0.05) is 0 Å². The van der Waals surface area contributed by atoms with E-state index in [-0.39, 0.29) is 17.3 Å². The molecule has 0 saturated heterocycles. The van der Waals surface area contributed by atoms with E-state index in [4.69, 9.17) is 9.47 Å². The summed E-state index contributed by atoms with van der Waals surface area (Å²) in [5, 5.41) is 0. The number of rotatable bonds is 7. The number of Topliss-reactive ketones (excluding diaryl/α,β-unsaturated/α-hetero) is 1. The molecule has 0 aliphatic carbocycles. The van der Waals surface area contributed by atoms with Crippen LogP contribution in [0.2, 0.25) is 0 Å². The smallest absolute Gasteiger partial charge is 0.357 e. The van der Waals surface area contributed by atoms with E-state index in [0.29, 0.717) is 23.6 Å². The van der Waals surface area contributed by atoms with Crippen molar-refractivity contribution in [2.24, 2.45) is 0 Å². The Morgan fingerprint density at radius 3 is 2.43 bits per heavy atom. The van der Waals surface area contributed by atoms with Crippen LogP contribution >= 0.6 is 0 Å². The van der Waals surface area contributed by atoms with E-state index in [1.165, 1.54) is 48.3 Å². The molecule has 3 rings (SSSR count). The number of esters is 1. The van der Waals surface area contributed by atoms with Gasteiger partial charge in [0.15, 0.2) is 11.8 Å². The Balaban J connectivity index is 1.71. The van der Waals surface area contributed by atoms with Crippen molar-refractivity contribution < 1.29 is 23.5 Å². The third kappa shape index (κ3) is 4.25. The van der Waals surface area contributed by atoms with Crippen LogP contribution in [0.1, 0.15) is 34.7 Å². The van der Waals surface area contributed by atoms with Crippen molar-refractivity contribution in [1.29, 1.82) is 0 Å². The summed E-state index contributed by atoms with van der Waals surface area (Å²) in [5.74, 6) is -0.757. The second-order valence-electron chi connectivity index (χ2n) is 5.99. The van der Waals surface area contributed by atoms with E-state index < -0.39 is 12.1 Å². The summed E-state index contributed by atoms with van der Waals surface area (Å²) in [6.07, 6.45) is 1.77. The molecule has 3 aromatic rings. The number of halogens is 1. The first-order valence-electron chi connectivity index (χ1n) is 8.76. The molecule has 0 amide bonds. The zero-order chi connectivity index (χ0) is 20.1. The lowest BCUT2D eigenvalue weighted by atomic mass is 10.1. The van der Waals surface area contributed by atoms with Crippen molar-refractivity contribution >= 4 is 11.8 Å². The van der Waals surface area contributed by atoms with Crippen LogP contribution in [-0.2, 0) is 4.74 Å². The highest BCUT2D eigenvalue weighted by molar-refractivity contribution is 6.01. The van der Waals surface area contributed by atoms with Gasteiger partial charge in [0.1, 0.15) is 11.6 Å². The third-order valence-corrected chi connectivity index (χ3v) is 4.06. The maximum atomic E-state index is 13.1. The van der Waals surface area contributed by atoms with Gasteiger partial charge < -0.3 is 9.47 Å². The number of hydrogen-bond donors (Lipinski definition) is 0. The van der Waals surface area contributed by atoms with E-state index in [9.17, 15) is 14.0 Å². The van der Waals surface area contributed by atoms with E-state index in [1.807, 2.05) is 6.92 Å². The summed E-state index contributed by atoms with van der Waals surface area (Å²) in [6, 6.07) is 12.2. The SMILES string of the molecule is CCOc1ccc(C(=O)[C@@H](C)OC(=O)c2cncn2-c2ccc(F)cc2)cc1. The predicted octanol–water partition coefficient (Wildman–Crippen LogP) is 3.84. The van der Waals surface area contributed by atoms with Gasteiger partial charge in [0.05, 0.1) is 19.1 Å². The minimum atomic E-state index is -0.984. The molecule has 0 fully saturated rings. The fraction of sp³-hybridized carbons (Fsp3) is 0.190. The monoisotopic (exact) mass is 382 g/mol. The molecule has 0 unspecified atom stereocenters. The largest absolute Gasteiger partial charge is 0.494 e. The molecule has 0 bridgehead atoms. The van der Waals surface area contributed by atoms with Gasteiger partial charge in [-0.05, 0) is 62.4 Å². The molecule has 0 saturated carbocycles. The summed E-state index contributed by atoms with van der Waals surface area (Å²) < 4.78 is 25.3. The second-order valence-corrected chi connectivity index (χ2v) is 5.99.